The van der Waals surface area contributed by atoms with Gasteiger partial charge in [0.05, 0.1) is 0 Å². The Balaban J connectivity index is 1.35. The SMILES string of the molecule is C#CCCC1(CCC(=O)N2CC3CN(C)C(c4ccccc4)C3C2)N=N1. The molecule has 0 saturated carbocycles. The Kier molecular flexibility index (Phi) is 4.54. The third-order valence-electron chi connectivity index (χ3n) is 6.18. The fourth-order valence-corrected chi connectivity index (χ4v) is 4.75. The van der Waals surface area contributed by atoms with Crippen LogP contribution >= 0.6 is 0 Å². The van der Waals surface area contributed by atoms with E-state index in [0.29, 0.717) is 37.1 Å². The molecule has 5 nitrogen and oxygen atoms in total. The molecule has 0 aromatic heterocycles. The number of fused-ring (bicyclic) bond motifs is 1. The zero-order valence-corrected chi connectivity index (χ0v) is 15.3. The van der Waals surface area contributed by atoms with Gasteiger partial charge in [-0.1, -0.05) is 30.3 Å². The van der Waals surface area contributed by atoms with Crippen LogP contribution in [0.4, 0.5) is 0 Å². The van der Waals surface area contributed by atoms with Gasteiger partial charge < -0.3 is 4.90 Å². The van der Waals surface area contributed by atoms with Crippen LogP contribution in [-0.2, 0) is 4.79 Å². The van der Waals surface area contributed by atoms with Gasteiger partial charge in [0, 0.05) is 57.3 Å². The van der Waals surface area contributed by atoms with Crippen LogP contribution in [0.3, 0.4) is 0 Å². The Morgan fingerprint density at radius 2 is 2.00 bits per heavy atom. The molecule has 5 heteroatoms. The number of carbonyl (C=O) groups is 1. The van der Waals surface area contributed by atoms with Gasteiger partial charge in [-0.3, -0.25) is 9.69 Å². The minimum absolute atomic E-state index is 0.242. The molecular weight excluding hydrogens is 324 g/mol. The van der Waals surface area contributed by atoms with Crippen LogP contribution in [0.15, 0.2) is 40.6 Å². The first kappa shape index (κ1) is 17.2. The van der Waals surface area contributed by atoms with Crippen molar-refractivity contribution in [3.63, 3.8) is 0 Å². The largest absolute Gasteiger partial charge is 0.342 e. The number of rotatable bonds is 6. The van der Waals surface area contributed by atoms with Crippen LogP contribution < -0.4 is 0 Å². The van der Waals surface area contributed by atoms with Crippen LogP contribution in [0.5, 0.6) is 0 Å². The molecule has 1 aromatic rings. The molecule has 3 atom stereocenters. The zero-order valence-electron chi connectivity index (χ0n) is 15.3. The van der Waals surface area contributed by atoms with Gasteiger partial charge in [0.2, 0.25) is 5.91 Å². The summed E-state index contributed by atoms with van der Waals surface area (Å²) in [5, 5.41) is 8.28. The van der Waals surface area contributed by atoms with Gasteiger partial charge in [0.1, 0.15) is 0 Å². The molecule has 0 radical (unpaired) electrons. The quantitative estimate of drug-likeness (QED) is 0.740. The topological polar surface area (TPSA) is 48.3 Å². The molecule has 4 rings (SSSR count). The molecule has 136 valence electrons. The highest BCUT2D eigenvalue weighted by Gasteiger charge is 2.47. The normalized spacial score (nSPS) is 28.8. The summed E-state index contributed by atoms with van der Waals surface area (Å²) in [6.45, 7) is 2.80. The van der Waals surface area contributed by atoms with Gasteiger partial charge in [0.15, 0.2) is 5.66 Å². The molecule has 26 heavy (non-hydrogen) atoms. The molecular formula is C21H26N4O. The van der Waals surface area contributed by atoms with Crippen molar-refractivity contribution in [3.8, 4) is 12.3 Å². The molecule has 1 aromatic carbocycles. The van der Waals surface area contributed by atoms with Crippen LogP contribution in [0.25, 0.3) is 0 Å². The van der Waals surface area contributed by atoms with E-state index in [1.165, 1.54) is 5.56 Å². The van der Waals surface area contributed by atoms with Crippen molar-refractivity contribution in [2.24, 2.45) is 22.1 Å². The Labute approximate surface area is 155 Å². The predicted molar refractivity (Wildman–Crippen MR) is 100 cm³/mol. The number of benzene rings is 1. The van der Waals surface area contributed by atoms with E-state index >= 15 is 0 Å². The molecule has 2 saturated heterocycles. The average molecular weight is 350 g/mol. The number of nitrogens with zero attached hydrogens (tertiary/aromatic N) is 4. The third-order valence-corrected chi connectivity index (χ3v) is 6.18. The van der Waals surface area contributed by atoms with Gasteiger partial charge in [-0.15, -0.1) is 12.3 Å². The second-order valence-electron chi connectivity index (χ2n) is 7.90. The molecule has 0 aliphatic carbocycles. The summed E-state index contributed by atoms with van der Waals surface area (Å²) in [4.78, 5) is 17.3. The van der Waals surface area contributed by atoms with Gasteiger partial charge in [0.25, 0.3) is 0 Å². The highest BCUT2D eigenvalue weighted by atomic mass is 16.2. The lowest BCUT2D eigenvalue weighted by atomic mass is 9.90. The Morgan fingerprint density at radius 1 is 1.23 bits per heavy atom. The number of carbonyl (C=O) groups excluding carboxylic acids is 1. The number of terminal acetylenes is 1. The number of amides is 1. The second-order valence-corrected chi connectivity index (χ2v) is 7.90. The summed E-state index contributed by atoms with van der Waals surface area (Å²) < 4.78 is 0. The second kappa shape index (κ2) is 6.85. The molecule has 0 spiro atoms. The minimum atomic E-state index is -0.357. The van der Waals surface area contributed by atoms with E-state index in [-0.39, 0.29) is 11.6 Å². The van der Waals surface area contributed by atoms with Gasteiger partial charge in [-0.2, -0.15) is 10.2 Å². The lowest BCUT2D eigenvalue weighted by Gasteiger charge is -2.27. The van der Waals surface area contributed by atoms with Crippen molar-refractivity contribution in [3.05, 3.63) is 35.9 Å². The molecule has 2 fully saturated rings. The maximum atomic E-state index is 12.7. The first-order valence-corrected chi connectivity index (χ1v) is 9.52. The number of hydrogen-bond donors (Lipinski definition) is 0. The third kappa shape index (κ3) is 3.26. The van der Waals surface area contributed by atoms with Crippen molar-refractivity contribution in [1.82, 2.24) is 9.80 Å². The molecule has 1 amide bonds. The van der Waals surface area contributed by atoms with Crippen LogP contribution in [-0.4, -0.2) is 48.1 Å². The lowest BCUT2D eigenvalue weighted by molar-refractivity contribution is -0.130. The summed E-state index contributed by atoms with van der Waals surface area (Å²) in [6.07, 6.45) is 7.98. The standard InChI is InChI=1S/C21H26N4O/c1-3-4-11-21(22-23-21)12-10-19(26)25-14-17-13-24(2)20(18(17)15-25)16-8-6-5-7-9-16/h1,5-9,17-18,20H,4,10-15H2,2H3. The van der Waals surface area contributed by atoms with Gasteiger partial charge in [-0.05, 0) is 18.5 Å². The van der Waals surface area contributed by atoms with Crippen molar-refractivity contribution in [1.29, 1.82) is 0 Å². The van der Waals surface area contributed by atoms with E-state index in [2.05, 4.69) is 63.3 Å². The van der Waals surface area contributed by atoms with E-state index in [9.17, 15) is 4.79 Å². The number of hydrogen-bond acceptors (Lipinski definition) is 4. The molecule has 0 N–H and O–H groups in total. The van der Waals surface area contributed by atoms with E-state index in [1.54, 1.807) is 0 Å². The Morgan fingerprint density at radius 3 is 2.69 bits per heavy atom. The summed E-state index contributed by atoms with van der Waals surface area (Å²) in [5.74, 6) is 3.97. The van der Waals surface area contributed by atoms with Crippen LogP contribution in [0, 0.1) is 24.2 Å². The summed E-state index contributed by atoms with van der Waals surface area (Å²) in [7, 11) is 2.20. The fraction of sp³-hybridized carbons (Fsp3) is 0.571. The van der Waals surface area contributed by atoms with Gasteiger partial charge in [-0.25, -0.2) is 0 Å². The van der Waals surface area contributed by atoms with Crippen molar-refractivity contribution < 1.29 is 4.79 Å². The van der Waals surface area contributed by atoms with Crippen molar-refractivity contribution >= 4 is 5.91 Å². The predicted octanol–water partition coefficient (Wildman–Crippen LogP) is 3.10. The Bertz CT molecular complexity index is 732. The smallest absolute Gasteiger partial charge is 0.222 e. The van der Waals surface area contributed by atoms with Gasteiger partial charge >= 0.3 is 0 Å². The van der Waals surface area contributed by atoms with Crippen molar-refractivity contribution in [2.75, 3.05) is 26.7 Å². The highest BCUT2D eigenvalue weighted by molar-refractivity contribution is 5.76. The molecule has 3 unspecified atom stereocenters. The lowest BCUT2D eigenvalue weighted by Crippen LogP contribution is -2.34. The molecule has 0 bridgehead atoms. The molecule has 3 aliphatic heterocycles. The number of likely N-dealkylation sites (tertiary alicyclic amines) is 2. The van der Waals surface area contributed by atoms with Crippen molar-refractivity contribution in [2.45, 2.75) is 37.4 Å². The van der Waals surface area contributed by atoms with E-state index in [4.69, 9.17) is 6.42 Å². The van der Waals surface area contributed by atoms with E-state index < -0.39 is 0 Å². The first-order chi connectivity index (χ1) is 12.6. The zero-order chi connectivity index (χ0) is 18.1. The van der Waals surface area contributed by atoms with Crippen LogP contribution in [0.2, 0.25) is 0 Å². The molecule has 3 aliphatic rings. The maximum absolute atomic E-state index is 12.7. The summed E-state index contributed by atoms with van der Waals surface area (Å²) >= 11 is 0. The monoisotopic (exact) mass is 350 g/mol. The highest BCUT2D eigenvalue weighted by Crippen LogP contribution is 2.44. The minimum Gasteiger partial charge on any atom is -0.342 e. The summed E-state index contributed by atoms with van der Waals surface area (Å²) in [6, 6.07) is 11.1. The average Bonchev–Trinajstić information content (AvgIpc) is 3.21. The summed E-state index contributed by atoms with van der Waals surface area (Å²) in [5.41, 5.74) is 1.00. The first-order valence-electron chi connectivity index (χ1n) is 9.52. The maximum Gasteiger partial charge on any atom is 0.222 e. The molecule has 3 heterocycles. The van der Waals surface area contributed by atoms with E-state index in [0.717, 1.165) is 26.1 Å². The fourth-order valence-electron chi connectivity index (χ4n) is 4.75. The van der Waals surface area contributed by atoms with E-state index in [1.807, 2.05) is 0 Å². The Hall–Kier alpha value is -2.19. The van der Waals surface area contributed by atoms with Crippen LogP contribution in [0.1, 0.15) is 37.3 Å².